The SMILES string of the molecule is O=c1c2ccccc2c(-c2ccccc2)nn1C[C@H](O)COCc1ccccc1Cl. The fourth-order valence-electron chi connectivity index (χ4n) is 3.34. The van der Waals surface area contributed by atoms with E-state index in [4.69, 9.17) is 16.3 Å². The summed E-state index contributed by atoms with van der Waals surface area (Å²) >= 11 is 6.12. The Morgan fingerprint density at radius 2 is 1.60 bits per heavy atom. The number of fused-ring (bicyclic) bond motifs is 1. The molecule has 4 aromatic rings. The smallest absolute Gasteiger partial charge is 0.274 e. The molecule has 0 fully saturated rings. The van der Waals surface area contributed by atoms with E-state index >= 15 is 0 Å². The van der Waals surface area contributed by atoms with Crippen molar-refractivity contribution in [1.82, 2.24) is 9.78 Å². The first-order valence-electron chi connectivity index (χ1n) is 9.68. The maximum atomic E-state index is 12.9. The van der Waals surface area contributed by atoms with Gasteiger partial charge in [-0.2, -0.15) is 5.10 Å². The normalized spacial score (nSPS) is 12.2. The third-order valence-corrected chi connectivity index (χ3v) is 5.19. The van der Waals surface area contributed by atoms with Crippen molar-refractivity contribution in [1.29, 1.82) is 0 Å². The van der Waals surface area contributed by atoms with Crippen molar-refractivity contribution >= 4 is 22.4 Å². The van der Waals surface area contributed by atoms with Crippen molar-refractivity contribution in [3.63, 3.8) is 0 Å². The van der Waals surface area contributed by atoms with E-state index in [1.165, 1.54) is 4.68 Å². The van der Waals surface area contributed by atoms with Crippen molar-refractivity contribution in [2.45, 2.75) is 19.3 Å². The molecule has 3 aromatic carbocycles. The molecule has 1 aromatic heterocycles. The van der Waals surface area contributed by atoms with Crippen LogP contribution in [0, 0.1) is 0 Å². The van der Waals surface area contributed by atoms with E-state index in [1.54, 1.807) is 12.1 Å². The van der Waals surface area contributed by atoms with Crippen molar-refractivity contribution in [3.05, 3.63) is 99.8 Å². The lowest BCUT2D eigenvalue weighted by molar-refractivity contribution is 0.0182. The van der Waals surface area contributed by atoms with Crippen LogP contribution in [0.5, 0.6) is 0 Å². The molecule has 0 aliphatic rings. The number of ether oxygens (including phenoxy) is 1. The van der Waals surface area contributed by atoms with Gasteiger partial charge in [0.25, 0.3) is 5.56 Å². The summed E-state index contributed by atoms with van der Waals surface area (Å²) in [6.07, 6.45) is -0.887. The Balaban J connectivity index is 1.56. The lowest BCUT2D eigenvalue weighted by atomic mass is 10.1. The number of hydrogen-bond acceptors (Lipinski definition) is 4. The predicted molar refractivity (Wildman–Crippen MR) is 119 cm³/mol. The molecule has 0 amide bonds. The van der Waals surface area contributed by atoms with Gasteiger partial charge in [0.05, 0.1) is 36.9 Å². The Hall–Kier alpha value is -2.99. The average Bonchev–Trinajstić information content (AvgIpc) is 2.78. The number of aliphatic hydroxyl groups is 1. The number of aromatic nitrogens is 2. The largest absolute Gasteiger partial charge is 0.389 e. The highest BCUT2D eigenvalue weighted by Gasteiger charge is 2.15. The van der Waals surface area contributed by atoms with Gasteiger partial charge in [-0.25, -0.2) is 4.68 Å². The molecule has 6 heteroatoms. The molecule has 30 heavy (non-hydrogen) atoms. The van der Waals surface area contributed by atoms with Gasteiger partial charge in [-0.15, -0.1) is 0 Å². The Kier molecular flexibility index (Phi) is 6.23. The van der Waals surface area contributed by atoms with Crippen molar-refractivity contribution in [3.8, 4) is 11.3 Å². The lowest BCUT2D eigenvalue weighted by Crippen LogP contribution is -2.31. The average molecular weight is 421 g/mol. The van der Waals surface area contributed by atoms with E-state index in [1.807, 2.05) is 66.7 Å². The molecular weight excluding hydrogens is 400 g/mol. The summed E-state index contributed by atoms with van der Waals surface area (Å²) in [6, 6.07) is 24.5. The minimum atomic E-state index is -0.887. The fraction of sp³-hybridized carbons (Fsp3) is 0.167. The second kappa shape index (κ2) is 9.22. The monoisotopic (exact) mass is 420 g/mol. The topological polar surface area (TPSA) is 64.4 Å². The summed E-state index contributed by atoms with van der Waals surface area (Å²) in [5.41, 5.74) is 2.22. The first kappa shape index (κ1) is 20.3. The summed E-state index contributed by atoms with van der Waals surface area (Å²) in [5.74, 6) is 0. The van der Waals surface area contributed by atoms with Crippen LogP contribution in [-0.2, 0) is 17.9 Å². The van der Waals surface area contributed by atoms with E-state index in [2.05, 4.69) is 5.10 Å². The van der Waals surface area contributed by atoms with E-state index < -0.39 is 6.10 Å². The third-order valence-electron chi connectivity index (χ3n) is 4.82. The van der Waals surface area contributed by atoms with Crippen molar-refractivity contribution in [2.75, 3.05) is 6.61 Å². The maximum absolute atomic E-state index is 12.9. The Morgan fingerprint density at radius 1 is 0.933 bits per heavy atom. The van der Waals surface area contributed by atoms with Gasteiger partial charge >= 0.3 is 0 Å². The van der Waals surface area contributed by atoms with Crippen LogP contribution in [-0.4, -0.2) is 27.6 Å². The molecule has 0 aliphatic carbocycles. The quantitative estimate of drug-likeness (QED) is 0.484. The van der Waals surface area contributed by atoms with Gasteiger partial charge in [0.15, 0.2) is 0 Å². The van der Waals surface area contributed by atoms with Crippen molar-refractivity contribution < 1.29 is 9.84 Å². The van der Waals surface area contributed by atoms with Gasteiger partial charge < -0.3 is 9.84 Å². The molecule has 0 spiro atoms. The molecule has 0 bridgehead atoms. The van der Waals surface area contributed by atoms with Crippen LogP contribution in [0.25, 0.3) is 22.0 Å². The molecule has 1 atom stereocenters. The second-order valence-electron chi connectivity index (χ2n) is 7.01. The summed E-state index contributed by atoms with van der Waals surface area (Å²) in [7, 11) is 0. The highest BCUT2D eigenvalue weighted by molar-refractivity contribution is 6.31. The second-order valence-corrected chi connectivity index (χ2v) is 7.42. The zero-order chi connectivity index (χ0) is 20.9. The molecule has 4 rings (SSSR count). The molecule has 0 radical (unpaired) electrons. The van der Waals surface area contributed by atoms with Gasteiger partial charge in [0, 0.05) is 16.0 Å². The molecule has 0 saturated heterocycles. The van der Waals surface area contributed by atoms with Crippen LogP contribution in [0.1, 0.15) is 5.56 Å². The minimum Gasteiger partial charge on any atom is -0.389 e. The van der Waals surface area contributed by atoms with E-state index in [-0.39, 0.29) is 25.3 Å². The van der Waals surface area contributed by atoms with Crippen LogP contribution < -0.4 is 5.56 Å². The molecule has 0 aliphatic heterocycles. The lowest BCUT2D eigenvalue weighted by Gasteiger charge is -2.15. The zero-order valence-corrected chi connectivity index (χ0v) is 17.0. The van der Waals surface area contributed by atoms with E-state index in [0.717, 1.165) is 16.5 Å². The predicted octanol–water partition coefficient (Wildman–Crippen LogP) is 4.29. The maximum Gasteiger partial charge on any atom is 0.274 e. The first-order chi connectivity index (χ1) is 14.6. The highest BCUT2D eigenvalue weighted by atomic mass is 35.5. The van der Waals surface area contributed by atoms with Crippen LogP contribution in [0.2, 0.25) is 5.02 Å². The van der Waals surface area contributed by atoms with Crippen LogP contribution in [0.4, 0.5) is 0 Å². The standard InChI is InChI=1S/C24H21ClN2O3/c25-22-13-7-4-10-18(22)15-30-16-19(28)14-27-24(29)21-12-6-5-11-20(21)23(26-27)17-8-2-1-3-9-17/h1-13,19,28H,14-16H2/t19-/m0/s1. The number of aliphatic hydroxyl groups excluding tert-OH is 1. The Labute approximate surface area is 179 Å². The number of rotatable bonds is 7. The Bertz CT molecular complexity index is 1210. The van der Waals surface area contributed by atoms with Gasteiger partial charge in [-0.05, 0) is 17.7 Å². The van der Waals surface area contributed by atoms with E-state index in [0.29, 0.717) is 16.1 Å². The third kappa shape index (κ3) is 4.44. The molecule has 1 N–H and O–H groups in total. The van der Waals surface area contributed by atoms with Crippen LogP contribution in [0.3, 0.4) is 0 Å². The number of halogens is 1. The van der Waals surface area contributed by atoms with E-state index in [9.17, 15) is 9.90 Å². The minimum absolute atomic E-state index is 0.0338. The van der Waals surface area contributed by atoms with Crippen LogP contribution in [0.15, 0.2) is 83.7 Å². The number of nitrogens with zero attached hydrogens (tertiary/aromatic N) is 2. The molecule has 0 unspecified atom stereocenters. The van der Waals surface area contributed by atoms with Gasteiger partial charge in [0.2, 0.25) is 0 Å². The van der Waals surface area contributed by atoms with Gasteiger partial charge in [-0.1, -0.05) is 78.3 Å². The molecule has 5 nitrogen and oxygen atoms in total. The number of benzene rings is 3. The highest BCUT2D eigenvalue weighted by Crippen LogP contribution is 2.24. The van der Waals surface area contributed by atoms with Gasteiger partial charge in [-0.3, -0.25) is 4.79 Å². The van der Waals surface area contributed by atoms with Crippen molar-refractivity contribution in [2.24, 2.45) is 0 Å². The molecular formula is C24H21ClN2O3. The molecule has 1 heterocycles. The Morgan fingerprint density at radius 3 is 2.37 bits per heavy atom. The summed E-state index contributed by atoms with van der Waals surface area (Å²) in [6.45, 7) is 0.380. The van der Waals surface area contributed by atoms with Crippen LogP contribution >= 0.6 is 11.6 Å². The fourth-order valence-corrected chi connectivity index (χ4v) is 3.53. The first-order valence-corrected chi connectivity index (χ1v) is 10.1. The summed E-state index contributed by atoms with van der Waals surface area (Å²) in [4.78, 5) is 12.9. The molecule has 0 saturated carbocycles. The summed E-state index contributed by atoms with van der Waals surface area (Å²) in [5, 5.41) is 17.0. The summed E-state index contributed by atoms with van der Waals surface area (Å²) < 4.78 is 6.91. The van der Waals surface area contributed by atoms with Gasteiger partial charge in [0.1, 0.15) is 0 Å². The number of hydrogen-bond donors (Lipinski definition) is 1. The molecule has 152 valence electrons. The zero-order valence-electron chi connectivity index (χ0n) is 16.2.